The first-order valence-electron chi connectivity index (χ1n) is 10.2. The summed E-state index contributed by atoms with van der Waals surface area (Å²) in [4.78, 5) is 20.0. The normalized spacial score (nSPS) is 16.4. The van der Waals surface area contributed by atoms with E-state index in [1.54, 1.807) is 23.1 Å². The molecule has 1 N–H and O–H groups in total. The largest absolute Gasteiger partial charge is 0.497 e. The molecule has 0 radical (unpaired) electrons. The number of amides is 1. The minimum absolute atomic E-state index is 0.00661. The smallest absolute Gasteiger partial charge is 0.226 e. The number of benzene rings is 1. The van der Waals surface area contributed by atoms with E-state index in [1.165, 1.54) is 21.1 Å². The van der Waals surface area contributed by atoms with Gasteiger partial charge < -0.3 is 10.1 Å². The molecule has 0 fully saturated rings. The molecule has 160 valence electrons. The quantitative estimate of drug-likeness (QED) is 0.437. The molecule has 0 saturated carbocycles. The Kier molecular flexibility index (Phi) is 4.67. The Bertz CT molecular complexity index is 1310. The summed E-state index contributed by atoms with van der Waals surface area (Å²) in [5.74, 6) is 1.54. The Labute approximate surface area is 188 Å². The van der Waals surface area contributed by atoms with Crippen molar-refractivity contribution in [2.45, 2.75) is 45.4 Å². The number of thiophene rings is 1. The zero-order valence-corrected chi connectivity index (χ0v) is 19.8. The highest BCUT2D eigenvalue weighted by Crippen LogP contribution is 2.44. The van der Waals surface area contributed by atoms with Crippen molar-refractivity contribution < 1.29 is 9.53 Å². The molecule has 4 aromatic rings. The number of nitrogens with one attached hydrogen (secondary N) is 1. The molecule has 0 spiro atoms. The Morgan fingerprint density at radius 2 is 2.00 bits per heavy atom. The van der Waals surface area contributed by atoms with Gasteiger partial charge in [-0.3, -0.25) is 4.79 Å². The van der Waals surface area contributed by atoms with E-state index in [0.29, 0.717) is 6.42 Å². The first kappa shape index (κ1) is 20.2. The van der Waals surface area contributed by atoms with E-state index in [1.807, 2.05) is 25.1 Å². The van der Waals surface area contributed by atoms with Gasteiger partial charge in [-0.1, -0.05) is 32.1 Å². The molecule has 5 rings (SSSR count). The van der Waals surface area contributed by atoms with Gasteiger partial charge in [-0.25, -0.2) is 4.98 Å². The van der Waals surface area contributed by atoms with Gasteiger partial charge in [0, 0.05) is 27.7 Å². The van der Waals surface area contributed by atoms with Gasteiger partial charge in [0.25, 0.3) is 0 Å². The van der Waals surface area contributed by atoms with Crippen LogP contribution in [0.25, 0.3) is 15.3 Å². The van der Waals surface area contributed by atoms with Gasteiger partial charge in [0.15, 0.2) is 0 Å². The summed E-state index contributed by atoms with van der Waals surface area (Å²) in [6.07, 6.45) is 0.431. The van der Waals surface area contributed by atoms with E-state index < -0.39 is 0 Å². The van der Waals surface area contributed by atoms with Crippen LogP contribution in [0.3, 0.4) is 0 Å². The zero-order valence-electron chi connectivity index (χ0n) is 18.1. The van der Waals surface area contributed by atoms with Crippen molar-refractivity contribution in [2.24, 2.45) is 0 Å². The van der Waals surface area contributed by atoms with Crippen molar-refractivity contribution in [3.05, 3.63) is 51.3 Å². The molecule has 0 saturated heterocycles. The predicted molar refractivity (Wildman–Crippen MR) is 126 cm³/mol. The number of carbonyl (C=O) groups is 1. The van der Waals surface area contributed by atoms with Gasteiger partial charge in [-0.05, 0) is 42.7 Å². The molecule has 1 aliphatic heterocycles. The summed E-state index contributed by atoms with van der Waals surface area (Å²) < 4.78 is 8.13. The molecule has 1 aliphatic rings. The van der Waals surface area contributed by atoms with Crippen molar-refractivity contribution >= 4 is 44.6 Å². The third-order valence-electron chi connectivity index (χ3n) is 5.58. The number of hydrogen-bond acceptors (Lipinski definition) is 6. The van der Waals surface area contributed by atoms with Gasteiger partial charge in [0.05, 0.1) is 23.0 Å². The SMILES string of the molecule is COc1ccc2nc(-n3nc(C)c4c3NC(=O)C[C@H]4c3ccc(C(C)(C)C)s3)sc2c1. The third kappa shape index (κ3) is 3.43. The van der Waals surface area contributed by atoms with Crippen LogP contribution in [0.2, 0.25) is 0 Å². The van der Waals surface area contributed by atoms with Crippen LogP contribution in [0.1, 0.15) is 54.1 Å². The van der Waals surface area contributed by atoms with Crippen LogP contribution in [-0.4, -0.2) is 27.8 Å². The second kappa shape index (κ2) is 7.17. The number of rotatable bonds is 3. The van der Waals surface area contributed by atoms with Crippen molar-refractivity contribution in [1.29, 1.82) is 0 Å². The van der Waals surface area contributed by atoms with Gasteiger partial charge in [0.2, 0.25) is 11.0 Å². The molecule has 31 heavy (non-hydrogen) atoms. The fourth-order valence-corrected chi connectivity index (χ4v) is 6.11. The molecule has 0 aliphatic carbocycles. The van der Waals surface area contributed by atoms with Gasteiger partial charge in [-0.2, -0.15) is 9.78 Å². The molecule has 1 atom stereocenters. The molecular formula is C23H24N4O2S2. The Balaban J connectivity index is 1.61. The molecule has 0 unspecified atom stereocenters. The Morgan fingerprint density at radius 3 is 2.71 bits per heavy atom. The lowest BCUT2D eigenvalue weighted by Crippen LogP contribution is -2.24. The van der Waals surface area contributed by atoms with Crippen LogP contribution >= 0.6 is 22.7 Å². The number of fused-ring (bicyclic) bond motifs is 2. The number of hydrogen-bond donors (Lipinski definition) is 1. The first-order chi connectivity index (χ1) is 14.7. The fourth-order valence-electron chi connectivity index (χ4n) is 3.98. The topological polar surface area (TPSA) is 69.0 Å². The summed E-state index contributed by atoms with van der Waals surface area (Å²) in [6, 6.07) is 10.2. The number of anilines is 1. The second-order valence-electron chi connectivity index (χ2n) is 8.85. The molecule has 3 aromatic heterocycles. The standard InChI is InChI=1S/C23H24N4O2S2/c1-12-20-14(16-8-9-18(30-16)23(2,3)4)11-19(28)25-21(20)27(26-12)22-24-15-7-6-13(29-5)10-17(15)31-22/h6-10,14H,11H2,1-5H3,(H,25,28)/t14-/m0/s1. The van der Waals surface area contributed by atoms with Crippen LogP contribution in [0.5, 0.6) is 5.75 Å². The average molecular weight is 453 g/mol. The number of methoxy groups -OCH3 is 1. The lowest BCUT2D eigenvalue weighted by molar-refractivity contribution is -0.116. The van der Waals surface area contributed by atoms with Crippen LogP contribution in [0.15, 0.2) is 30.3 Å². The number of thiazole rings is 1. The minimum atomic E-state index is 0.00661. The molecule has 0 bridgehead atoms. The molecule has 1 amide bonds. The van der Waals surface area contributed by atoms with E-state index in [2.05, 4.69) is 38.2 Å². The van der Waals surface area contributed by atoms with Crippen LogP contribution in [0, 0.1) is 6.92 Å². The van der Waals surface area contributed by atoms with E-state index in [-0.39, 0.29) is 17.2 Å². The van der Waals surface area contributed by atoms with Crippen molar-refractivity contribution in [3.63, 3.8) is 0 Å². The lowest BCUT2D eigenvalue weighted by atomic mass is 9.90. The van der Waals surface area contributed by atoms with Crippen LogP contribution in [0.4, 0.5) is 5.82 Å². The fraction of sp³-hybridized carbons (Fsp3) is 0.348. The Morgan fingerprint density at radius 1 is 1.19 bits per heavy atom. The molecule has 8 heteroatoms. The Hall–Kier alpha value is -2.71. The third-order valence-corrected chi connectivity index (χ3v) is 8.20. The van der Waals surface area contributed by atoms with Gasteiger partial charge >= 0.3 is 0 Å². The zero-order chi connectivity index (χ0) is 21.9. The maximum Gasteiger partial charge on any atom is 0.226 e. The number of carbonyl (C=O) groups excluding carboxylic acids is 1. The van der Waals surface area contributed by atoms with Crippen molar-refractivity contribution in [3.8, 4) is 10.9 Å². The molecule has 6 nitrogen and oxygen atoms in total. The van der Waals surface area contributed by atoms with E-state index in [0.717, 1.165) is 38.2 Å². The summed E-state index contributed by atoms with van der Waals surface area (Å²) in [5.41, 5.74) is 2.97. The second-order valence-corrected chi connectivity index (χ2v) is 11.0. The minimum Gasteiger partial charge on any atom is -0.497 e. The molecule has 1 aromatic carbocycles. The first-order valence-corrected chi connectivity index (χ1v) is 11.8. The van der Waals surface area contributed by atoms with Crippen molar-refractivity contribution in [2.75, 3.05) is 12.4 Å². The van der Waals surface area contributed by atoms with E-state index >= 15 is 0 Å². The number of aryl methyl sites for hydroxylation is 1. The maximum atomic E-state index is 12.7. The average Bonchev–Trinajstić information content (AvgIpc) is 3.43. The number of nitrogens with zero attached hydrogens (tertiary/aromatic N) is 3. The number of aromatic nitrogens is 3. The van der Waals surface area contributed by atoms with E-state index in [9.17, 15) is 4.79 Å². The highest BCUT2D eigenvalue weighted by molar-refractivity contribution is 7.20. The molecular weight excluding hydrogens is 428 g/mol. The highest BCUT2D eigenvalue weighted by Gasteiger charge is 2.34. The predicted octanol–water partition coefficient (Wildman–Crippen LogP) is 5.63. The summed E-state index contributed by atoms with van der Waals surface area (Å²) in [5, 5.41) is 8.58. The van der Waals surface area contributed by atoms with Crippen molar-refractivity contribution in [1.82, 2.24) is 14.8 Å². The van der Waals surface area contributed by atoms with Gasteiger partial charge in [0.1, 0.15) is 11.6 Å². The summed E-state index contributed by atoms with van der Waals surface area (Å²) in [6.45, 7) is 8.65. The summed E-state index contributed by atoms with van der Waals surface area (Å²) in [7, 11) is 1.65. The summed E-state index contributed by atoms with van der Waals surface area (Å²) >= 11 is 3.32. The molecule has 4 heterocycles. The maximum absolute atomic E-state index is 12.7. The van der Waals surface area contributed by atoms with Crippen LogP contribution in [-0.2, 0) is 10.2 Å². The lowest BCUT2D eigenvalue weighted by Gasteiger charge is -2.23. The van der Waals surface area contributed by atoms with E-state index in [4.69, 9.17) is 14.8 Å². The monoisotopic (exact) mass is 452 g/mol. The van der Waals surface area contributed by atoms with Gasteiger partial charge in [-0.15, -0.1) is 11.3 Å². The van der Waals surface area contributed by atoms with Crippen LogP contribution < -0.4 is 10.1 Å². The highest BCUT2D eigenvalue weighted by atomic mass is 32.1. The number of ether oxygens (including phenoxy) is 1.